The summed E-state index contributed by atoms with van der Waals surface area (Å²) in [6.07, 6.45) is 0.702. The number of aliphatic hydroxyl groups is 1. The molecule has 0 rings (SSSR count). The van der Waals surface area contributed by atoms with Gasteiger partial charge in [0, 0.05) is 14.1 Å². The maximum Gasteiger partial charge on any atom is 0.227 e. The molecule has 0 aromatic carbocycles. The highest BCUT2D eigenvalue weighted by molar-refractivity contribution is 5.78. The van der Waals surface area contributed by atoms with Crippen molar-refractivity contribution in [2.45, 2.75) is 13.3 Å². The SMILES string of the molecule is CCC(CO)C(=O)N(C)C. The number of rotatable bonds is 3. The molecular weight excluding hydrogens is 130 g/mol. The minimum Gasteiger partial charge on any atom is -0.396 e. The summed E-state index contributed by atoms with van der Waals surface area (Å²) in [5.41, 5.74) is 0. The van der Waals surface area contributed by atoms with Gasteiger partial charge in [-0.15, -0.1) is 0 Å². The zero-order valence-corrected chi connectivity index (χ0v) is 6.79. The second kappa shape index (κ2) is 4.28. The predicted octanol–water partition coefficient (Wildman–Crippen LogP) is 0.0931. The fraction of sp³-hybridized carbons (Fsp3) is 0.857. The van der Waals surface area contributed by atoms with Gasteiger partial charge in [-0.05, 0) is 6.42 Å². The second-order valence-corrected chi connectivity index (χ2v) is 2.52. The first kappa shape index (κ1) is 9.43. The van der Waals surface area contributed by atoms with Crippen LogP contribution in [0.15, 0.2) is 0 Å². The zero-order valence-electron chi connectivity index (χ0n) is 6.79. The van der Waals surface area contributed by atoms with Crippen LogP contribution in [0.1, 0.15) is 13.3 Å². The highest BCUT2D eigenvalue weighted by atomic mass is 16.3. The molecule has 10 heavy (non-hydrogen) atoms. The third kappa shape index (κ3) is 2.35. The molecule has 0 radical (unpaired) electrons. The Balaban J connectivity index is 3.89. The van der Waals surface area contributed by atoms with Crippen molar-refractivity contribution in [1.29, 1.82) is 0 Å². The van der Waals surface area contributed by atoms with E-state index in [9.17, 15) is 4.79 Å². The molecule has 0 heterocycles. The van der Waals surface area contributed by atoms with Crippen LogP contribution in [0.25, 0.3) is 0 Å². The van der Waals surface area contributed by atoms with Crippen molar-refractivity contribution in [2.24, 2.45) is 5.92 Å². The van der Waals surface area contributed by atoms with E-state index < -0.39 is 0 Å². The van der Waals surface area contributed by atoms with E-state index in [2.05, 4.69) is 0 Å². The third-order valence-corrected chi connectivity index (χ3v) is 1.50. The molecule has 0 aliphatic carbocycles. The fourth-order valence-electron chi connectivity index (χ4n) is 0.747. The number of nitrogens with zero attached hydrogens (tertiary/aromatic N) is 1. The first-order chi connectivity index (χ1) is 4.63. The van der Waals surface area contributed by atoms with Crippen LogP contribution >= 0.6 is 0 Å². The Bertz CT molecular complexity index is 108. The Morgan fingerprint density at radius 1 is 1.60 bits per heavy atom. The smallest absolute Gasteiger partial charge is 0.227 e. The number of hydrogen-bond donors (Lipinski definition) is 1. The van der Waals surface area contributed by atoms with Gasteiger partial charge in [-0.1, -0.05) is 6.92 Å². The third-order valence-electron chi connectivity index (χ3n) is 1.50. The molecule has 0 saturated carbocycles. The molecule has 0 aliphatic heterocycles. The van der Waals surface area contributed by atoms with Gasteiger partial charge in [0.05, 0.1) is 12.5 Å². The van der Waals surface area contributed by atoms with Crippen LogP contribution < -0.4 is 0 Å². The van der Waals surface area contributed by atoms with Crippen molar-refractivity contribution in [3.63, 3.8) is 0 Å². The lowest BCUT2D eigenvalue weighted by Crippen LogP contribution is -2.31. The van der Waals surface area contributed by atoms with Gasteiger partial charge >= 0.3 is 0 Å². The van der Waals surface area contributed by atoms with Gasteiger partial charge in [-0.25, -0.2) is 0 Å². The van der Waals surface area contributed by atoms with E-state index >= 15 is 0 Å². The van der Waals surface area contributed by atoms with E-state index in [1.165, 1.54) is 4.90 Å². The van der Waals surface area contributed by atoms with E-state index in [1.807, 2.05) is 6.92 Å². The van der Waals surface area contributed by atoms with E-state index in [0.29, 0.717) is 6.42 Å². The molecular formula is C7H15NO2. The summed E-state index contributed by atoms with van der Waals surface area (Å²) in [5, 5.41) is 8.70. The Hall–Kier alpha value is -0.570. The van der Waals surface area contributed by atoms with Crippen LogP contribution in [0.3, 0.4) is 0 Å². The second-order valence-electron chi connectivity index (χ2n) is 2.52. The molecule has 0 aliphatic rings. The summed E-state index contributed by atoms with van der Waals surface area (Å²) >= 11 is 0. The zero-order chi connectivity index (χ0) is 8.15. The van der Waals surface area contributed by atoms with Crippen molar-refractivity contribution < 1.29 is 9.90 Å². The minimum absolute atomic E-state index is 0.00463. The Morgan fingerprint density at radius 3 is 2.20 bits per heavy atom. The normalized spacial score (nSPS) is 12.8. The summed E-state index contributed by atoms with van der Waals surface area (Å²) in [7, 11) is 3.39. The topological polar surface area (TPSA) is 40.5 Å². The molecule has 0 saturated heterocycles. The van der Waals surface area contributed by atoms with Crippen molar-refractivity contribution in [1.82, 2.24) is 4.90 Å². The molecule has 0 fully saturated rings. The largest absolute Gasteiger partial charge is 0.396 e. The molecule has 0 aromatic rings. The van der Waals surface area contributed by atoms with Crippen LogP contribution in [-0.4, -0.2) is 36.6 Å². The maximum absolute atomic E-state index is 11.1. The highest BCUT2D eigenvalue weighted by Gasteiger charge is 2.15. The Kier molecular flexibility index (Phi) is 4.03. The van der Waals surface area contributed by atoms with Crippen LogP contribution in [-0.2, 0) is 4.79 Å². The standard InChI is InChI=1S/C7H15NO2/c1-4-6(5-9)7(10)8(2)3/h6,9H,4-5H2,1-3H3. The first-order valence-corrected chi connectivity index (χ1v) is 3.45. The lowest BCUT2D eigenvalue weighted by atomic mass is 10.1. The average molecular weight is 145 g/mol. The van der Waals surface area contributed by atoms with Crippen LogP contribution in [0, 0.1) is 5.92 Å². The van der Waals surface area contributed by atoms with Crippen molar-refractivity contribution in [2.75, 3.05) is 20.7 Å². The van der Waals surface area contributed by atoms with E-state index in [1.54, 1.807) is 14.1 Å². The lowest BCUT2D eigenvalue weighted by molar-refractivity contribution is -0.134. The number of amides is 1. The molecule has 3 heteroatoms. The van der Waals surface area contributed by atoms with Crippen LogP contribution in [0.5, 0.6) is 0 Å². The first-order valence-electron chi connectivity index (χ1n) is 3.45. The summed E-state index contributed by atoms with van der Waals surface area (Å²) in [6.45, 7) is 1.84. The maximum atomic E-state index is 11.1. The van der Waals surface area contributed by atoms with Gasteiger partial charge in [0.25, 0.3) is 0 Å². The number of hydrogen-bond acceptors (Lipinski definition) is 2. The van der Waals surface area contributed by atoms with Crippen molar-refractivity contribution >= 4 is 5.91 Å². The van der Waals surface area contributed by atoms with E-state index in [4.69, 9.17) is 5.11 Å². The quantitative estimate of drug-likeness (QED) is 0.611. The molecule has 1 unspecified atom stereocenters. The summed E-state index contributed by atoms with van der Waals surface area (Å²) in [6, 6.07) is 0. The fourth-order valence-corrected chi connectivity index (χ4v) is 0.747. The average Bonchev–Trinajstić information content (AvgIpc) is 1.90. The molecule has 3 nitrogen and oxygen atoms in total. The lowest BCUT2D eigenvalue weighted by Gasteiger charge is -2.16. The summed E-state index contributed by atoms with van der Waals surface area (Å²) < 4.78 is 0. The van der Waals surface area contributed by atoms with Gasteiger partial charge in [0.1, 0.15) is 0 Å². The van der Waals surface area contributed by atoms with Gasteiger partial charge in [-0.3, -0.25) is 4.79 Å². The molecule has 1 amide bonds. The van der Waals surface area contributed by atoms with Crippen LogP contribution in [0.2, 0.25) is 0 Å². The van der Waals surface area contributed by atoms with Crippen LogP contribution in [0.4, 0.5) is 0 Å². The minimum atomic E-state index is -0.213. The number of carbonyl (C=O) groups excluding carboxylic acids is 1. The van der Waals surface area contributed by atoms with Crippen molar-refractivity contribution in [3.05, 3.63) is 0 Å². The molecule has 0 spiro atoms. The predicted molar refractivity (Wildman–Crippen MR) is 39.6 cm³/mol. The molecule has 1 N–H and O–H groups in total. The summed E-state index contributed by atoms with van der Waals surface area (Å²) in [4.78, 5) is 12.6. The molecule has 0 aromatic heterocycles. The van der Waals surface area contributed by atoms with Gasteiger partial charge < -0.3 is 10.0 Å². The Labute approximate surface area is 61.6 Å². The molecule has 1 atom stereocenters. The summed E-state index contributed by atoms with van der Waals surface area (Å²) in [5.74, 6) is -0.208. The van der Waals surface area contributed by atoms with E-state index in [-0.39, 0.29) is 18.4 Å². The number of aliphatic hydroxyl groups excluding tert-OH is 1. The van der Waals surface area contributed by atoms with Gasteiger partial charge in [0.2, 0.25) is 5.91 Å². The molecule has 60 valence electrons. The Morgan fingerprint density at radius 2 is 2.10 bits per heavy atom. The monoisotopic (exact) mass is 145 g/mol. The van der Waals surface area contributed by atoms with Crippen molar-refractivity contribution in [3.8, 4) is 0 Å². The van der Waals surface area contributed by atoms with E-state index in [0.717, 1.165) is 0 Å². The van der Waals surface area contributed by atoms with Gasteiger partial charge in [-0.2, -0.15) is 0 Å². The van der Waals surface area contributed by atoms with Gasteiger partial charge in [0.15, 0.2) is 0 Å². The highest BCUT2D eigenvalue weighted by Crippen LogP contribution is 2.03. The molecule has 0 bridgehead atoms. The number of carbonyl (C=O) groups is 1.